The van der Waals surface area contributed by atoms with Gasteiger partial charge < -0.3 is 28.6 Å². The van der Waals surface area contributed by atoms with Gasteiger partial charge in [0, 0.05) is 23.9 Å². The molecule has 0 radical (unpaired) electrons. The number of rotatable bonds is 6. The molecule has 8 nitrogen and oxygen atoms in total. The van der Waals surface area contributed by atoms with Gasteiger partial charge in [0.05, 0.1) is 17.8 Å². The number of hydrogen-bond acceptors (Lipinski definition) is 6. The van der Waals surface area contributed by atoms with Crippen LogP contribution in [0, 0.1) is 5.92 Å². The Kier molecular flexibility index (Phi) is 6.30. The topological polar surface area (TPSA) is 96.2 Å². The summed E-state index contributed by atoms with van der Waals surface area (Å²) >= 11 is 6.17. The van der Waals surface area contributed by atoms with Gasteiger partial charge >= 0.3 is 5.97 Å². The molecule has 0 spiro atoms. The standard InChI is InChI=1S/C27H26ClNO7/c1-14(2)20-7-15-8-25(34-12-16-13-35-26-19(28)5-4-6-23(26)36-16)24(33-3)9-17(15)21-10-22(30)18(27(31)32)11-29(20)21/h4-6,8-11,14,16,20H,7,12-13H2,1-3H3,(H,31,32). The lowest BCUT2D eigenvalue weighted by molar-refractivity contribution is 0.0528. The monoisotopic (exact) mass is 511 g/mol. The summed E-state index contributed by atoms with van der Waals surface area (Å²) in [5.74, 6) is 1.12. The van der Waals surface area contributed by atoms with Crippen molar-refractivity contribution in [2.24, 2.45) is 5.92 Å². The Morgan fingerprint density at radius 2 is 2.06 bits per heavy atom. The molecule has 9 heteroatoms. The van der Waals surface area contributed by atoms with Gasteiger partial charge in [-0.2, -0.15) is 0 Å². The van der Waals surface area contributed by atoms with Gasteiger partial charge in [-0.05, 0) is 42.2 Å². The Labute approximate surface area is 212 Å². The number of benzene rings is 2. The number of pyridine rings is 1. The van der Waals surface area contributed by atoms with E-state index in [0.717, 1.165) is 11.1 Å². The highest BCUT2D eigenvalue weighted by Crippen LogP contribution is 2.43. The number of carbonyl (C=O) groups is 1. The van der Waals surface area contributed by atoms with Gasteiger partial charge in [0.25, 0.3) is 0 Å². The van der Waals surface area contributed by atoms with Crippen LogP contribution in [0.25, 0.3) is 11.3 Å². The third-order valence-corrected chi connectivity index (χ3v) is 6.89. The highest BCUT2D eigenvalue weighted by atomic mass is 35.5. The summed E-state index contributed by atoms with van der Waals surface area (Å²) in [4.78, 5) is 24.1. The number of hydrogen-bond donors (Lipinski definition) is 1. The van der Waals surface area contributed by atoms with Crippen LogP contribution >= 0.6 is 11.6 Å². The van der Waals surface area contributed by atoms with Crippen LogP contribution in [0.2, 0.25) is 5.02 Å². The van der Waals surface area contributed by atoms with Crippen LogP contribution in [0.4, 0.5) is 0 Å². The molecule has 0 amide bonds. The Hall–Kier alpha value is -3.65. The molecule has 0 saturated carbocycles. The van der Waals surface area contributed by atoms with E-state index in [2.05, 4.69) is 13.8 Å². The second kappa shape index (κ2) is 9.43. The summed E-state index contributed by atoms with van der Waals surface area (Å²) in [5, 5.41) is 9.96. The maximum Gasteiger partial charge on any atom is 0.341 e. The molecule has 2 aliphatic rings. The highest BCUT2D eigenvalue weighted by molar-refractivity contribution is 6.32. The molecule has 2 unspecified atom stereocenters. The van der Waals surface area contributed by atoms with E-state index in [1.54, 1.807) is 25.3 Å². The fourth-order valence-corrected chi connectivity index (χ4v) is 4.96. The molecule has 3 heterocycles. The molecule has 1 N–H and O–H groups in total. The predicted octanol–water partition coefficient (Wildman–Crippen LogP) is 4.85. The zero-order chi connectivity index (χ0) is 25.6. The molecule has 2 aromatic carbocycles. The van der Waals surface area contributed by atoms with Gasteiger partial charge in [-0.25, -0.2) is 4.79 Å². The number of nitrogens with zero attached hydrogens (tertiary/aromatic N) is 1. The Morgan fingerprint density at radius 3 is 2.78 bits per heavy atom. The van der Waals surface area contributed by atoms with Crippen molar-refractivity contribution >= 4 is 17.6 Å². The van der Waals surface area contributed by atoms with Crippen molar-refractivity contribution in [1.82, 2.24) is 4.57 Å². The lowest BCUT2D eigenvalue weighted by Gasteiger charge is -2.34. The summed E-state index contributed by atoms with van der Waals surface area (Å²) < 4.78 is 25.4. The number of aromatic nitrogens is 1. The van der Waals surface area contributed by atoms with E-state index >= 15 is 0 Å². The van der Waals surface area contributed by atoms with Crippen LogP contribution in [0.3, 0.4) is 0 Å². The van der Waals surface area contributed by atoms with Crippen LogP contribution in [0.15, 0.2) is 47.4 Å². The Morgan fingerprint density at radius 1 is 1.25 bits per heavy atom. The zero-order valence-electron chi connectivity index (χ0n) is 20.1. The first-order valence-electron chi connectivity index (χ1n) is 11.7. The van der Waals surface area contributed by atoms with Crippen molar-refractivity contribution in [3.8, 4) is 34.3 Å². The summed E-state index contributed by atoms with van der Waals surface area (Å²) in [6.07, 6.45) is 1.76. The lowest BCUT2D eigenvalue weighted by atomic mass is 9.87. The van der Waals surface area contributed by atoms with E-state index in [1.807, 2.05) is 16.7 Å². The molecule has 3 aromatic rings. The van der Waals surface area contributed by atoms with Gasteiger partial charge in [-0.1, -0.05) is 31.5 Å². The Balaban J connectivity index is 1.46. The van der Waals surface area contributed by atoms with Gasteiger partial charge in [-0.3, -0.25) is 4.79 Å². The number of para-hydroxylation sites is 1. The smallest absolute Gasteiger partial charge is 0.341 e. The van der Waals surface area contributed by atoms with Crippen LogP contribution in [0.1, 0.15) is 35.8 Å². The molecule has 0 saturated heterocycles. The molecule has 0 fully saturated rings. The Bertz CT molecular complexity index is 1400. The van der Waals surface area contributed by atoms with E-state index in [0.29, 0.717) is 46.7 Å². The third kappa shape index (κ3) is 4.26. The maximum absolute atomic E-state index is 12.5. The first kappa shape index (κ1) is 24.1. The van der Waals surface area contributed by atoms with Crippen LogP contribution in [-0.4, -0.2) is 42.1 Å². The van der Waals surface area contributed by atoms with Crippen molar-refractivity contribution in [3.63, 3.8) is 0 Å². The summed E-state index contributed by atoms with van der Waals surface area (Å²) in [5.41, 5.74) is 1.69. The van der Waals surface area contributed by atoms with Crippen LogP contribution in [0.5, 0.6) is 23.0 Å². The molecule has 188 valence electrons. The number of aromatic carboxylic acids is 1. The zero-order valence-corrected chi connectivity index (χ0v) is 20.9. The van der Waals surface area contributed by atoms with Crippen molar-refractivity contribution in [2.45, 2.75) is 32.4 Å². The van der Waals surface area contributed by atoms with Gasteiger partial charge in [0.1, 0.15) is 18.8 Å². The van der Waals surface area contributed by atoms with Crippen molar-refractivity contribution in [2.75, 3.05) is 20.3 Å². The summed E-state index contributed by atoms with van der Waals surface area (Å²) in [7, 11) is 1.55. The normalized spacial score (nSPS) is 17.8. The second-order valence-corrected chi connectivity index (χ2v) is 9.66. The molecule has 1 aromatic heterocycles. The predicted molar refractivity (Wildman–Crippen MR) is 134 cm³/mol. The summed E-state index contributed by atoms with van der Waals surface area (Å²) in [6, 6.07) is 10.5. The van der Waals surface area contributed by atoms with Crippen LogP contribution in [-0.2, 0) is 6.42 Å². The van der Waals surface area contributed by atoms with E-state index in [-0.39, 0.29) is 30.2 Å². The van der Waals surface area contributed by atoms with E-state index in [9.17, 15) is 14.7 Å². The summed E-state index contributed by atoms with van der Waals surface area (Å²) in [6.45, 7) is 4.67. The first-order valence-corrected chi connectivity index (χ1v) is 12.1. The largest absolute Gasteiger partial charge is 0.493 e. The molecule has 0 bridgehead atoms. The quantitative estimate of drug-likeness (QED) is 0.505. The fraction of sp³-hybridized carbons (Fsp3) is 0.333. The van der Waals surface area contributed by atoms with Crippen molar-refractivity contribution in [1.29, 1.82) is 0 Å². The highest BCUT2D eigenvalue weighted by Gasteiger charge is 2.30. The van der Waals surface area contributed by atoms with Crippen LogP contribution < -0.4 is 24.4 Å². The second-order valence-electron chi connectivity index (χ2n) is 9.25. The third-order valence-electron chi connectivity index (χ3n) is 6.59. The molecular weight excluding hydrogens is 486 g/mol. The minimum atomic E-state index is -1.23. The molecule has 5 rings (SSSR count). The van der Waals surface area contributed by atoms with Gasteiger partial charge in [0.15, 0.2) is 34.5 Å². The van der Waals surface area contributed by atoms with E-state index in [1.165, 1.54) is 12.3 Å². The van der Waals surface area contributed by atoms with E-state index in [4.69, 9.17) is 30.5 Å². The minimum Gasteiger partial charge on any atom is -0.493 e. The number of halogens is 1. The average molecular weight is 512 g/mol. The fourth-order valence-electron chi connectivity index (χ4n) is 4.74. The van der Waals surface area contributed by atoms with Gasteiger partial charge in [-0.15, -0.1) is 0 Å². The minimum absolute atomic E-state index is 0.0243. The molecule has 2 aliphatic heterocycles. The number of methoxy groups -OCH3 is 1. The van der Waals surface area contributed by atoms with Gasteiger partial charge in [0.2, 0.25) is 0 Å². The van der Waals surface area contributed by atoms with E-state index < -0.39 is 11.4 Å². The molecule has 36 heavy (non-hydrogen) atoms. The first-order chi connectivity index (χ1) is 17.3. The molecular formula is C27H26ClNO7. The number of carboxylic acids is 1. The lowest BCUT2D eigenvalue weighted by Crippen LogP contribution is -2.34. The SMILES string of the molecule is COc1cc2c(cc1OCC1COc3c(Cl)cccc3O1)CC(C(C)C)n1cc(C(=O)O)c(=O)cc1-2. The number of fused-ring (bicyclic) bond motifs is 4. The molecule has 2 atom stereocenters. The number of carboxylic acid groups (broad SMARTS) is 1. The van der Waals surface area contributed by atoms with Crippen molar-refractivity contribution in [3.05, 3.63) is 69.0 Å². The van der Waals surface area contributed by atoms with Crippen molar-refractivity contribution < 1.29 is 28.8 Å². The molecule has 0 aliphatic carbocycles. The average Bonchev–Trinajstić information content (AvgIpc) is 2.85. The maximum atomic E-state index is 12.5. The number of ether oxygens (including phenoxy) is 4.